The highest BCUT2D eigenvalue weighted by atomic mass is 16.5. The van der Waals surface area contributed by atoms with Crippen molar-refractivity contribution in [1.82, 2.24) is 0 Å². The minimum absolute atomic E-state index is 0.107. The monoisotopic (exact) mass is 222 g/mol. The third-order valence-electron chi connectivity index (χ3n) is 2.71. The van der Waals surface area contributed by atoms with Crippen LogP contribution in [0.25, 0.3) is 0 Å². The number of methoxy groups -OCH3 is 1. The van der Waals surface area contributed by atoms with Crippen molar-refractivity contribution in [3.05, 3.63) is 24.3 Å². The van der Waals surface area contributed by atoms with Crippen molar-refractivity contribution in [2.75, 3.05) is 32.1 Å². The Labute approximate surface area is 98.2 Å². The van der Waals surface area contributed by atoms with Crippen molar-refractivity contribution in [3.8, 4) is 5.75 Å². The van der Waals surface area contributed by atoms with Crippen LogP contribution in [0, 0.1) is 5.41 Å². The van der Waals surface area contributed by atoms with Crippen LogP contribution in [0.2, 0.25) is 0 Å². The number of benzene rings is 1. The van der Waals surface area contributed by atoms with Gasteiger partial charge >= 0.3 is 0 Å². The fraction of sp³-hybridized carbons (Fsp3) is 0.538. The molecule has 3 heteroatoms. The van der Waals surface area contributed by atoms with Gasteiger partial charge < -0.3 is 15.4 Å². The van der Waals surface area contributed by atoms with Gasteiger partial charge in [-0.25, -0.2) is 0 Å². The standard InChI is InChI=1S/C13H22N2O/c1-13(2,9-14)10-15(3)11-7-5-6-8-12(11)16-4/h5-8H,9-10,14H2,1-4H3. The Hall–Kier alpha value is -1.22. The average Bonchev–Trinajstić information content (AvgIpc) is 2.28. The molecule has 0 atom stereocenters. The van der Waals surface area contributed by atoms with E-state index in [1.165, 1.54) is 0 Å². The third kappa shape index (κ3) is 3.14. The molecule has 0 aliphatic carbocycles. The van der Waals surface area contributed by atoms with E-state index < -0.39 is 0 Å². The Bertz CT molecular complexity index is 336. The van der Waals surface area contributed by atoms with E-state index in [1.807, 2.05) is 18.2 Å². The van der Waals surface area contributed by atoms with Crippen molar-refractivity contribution in [1.29, 1.82) is 0 Å². The van der Waals surface area contributed by atoms with Crippen LogP contribution in [0.4, 0.5) is 5.69 Å². The number of ether oxygens (including phenoxy) is 1. The normalized spacial score (nSPS) is 11.3. The van der Waals surface area contributed by atoms with E-state index in [2.05, 4.69) is 31.9 Å². The minimum Gasteiger partial charge on any atom is -0.495 e. The third-order valence-corrected chi connectivity index (χ3v) is 2.71. The van der Waals surface area contributed by atoms with E-state index in [4.69, 9.17) is 10.5 Å². The molecule has 0 spiro atoms. The van der Waals surface area contributed by atoms with Gasteiger partial charge in [-0.05, 0) is 24.1 Å². The maximum Gasteiger partial charge on any atom is 0.142 e. The summed E-state index contributed by atoms with van der Waals surface area (Å²) in [4.78, 5) is 2.19. The van der Waals surface area contributed by atoms with Gasteiger partial charge in [-0.3, -0.25) is 0 Å². The predicted octanol–water partition coefficient (Wildman–Crippen LogP) is 2.12. The van der Waals surface area contributed by atoms with E-state index in [-0.39, 0.29) is 5.41 Å². The fourth-order valence-corrected chi connectivity index (χ4v) is 1.74. The molecule has 0 aromatic heterocycles. The minimum atomic E-state index is 0.107. The molecular formula is C13H22N2O. The van der Waals surface area contributed by atoms with Crippen LogP contribution in [-0.2, 0) is 0 Å². The molecule has 0 radical (unpaired) electrons. The number of nitrogens with zero attached hydrogens (tertiary/aromatic N) is 1. The molecule has 0 fully saturated rings. The van der Waals surface area contributed by atoms with Gasteiger partial charge in [-0.15, -0.1) is 0 Å². The summed E-state index contributed by atoms with van der Waals surface area (Å²) in [5.41, 5.74) is 6.96. The molecular weight excluding hydrogens is 200 g/mol. The fourth-order valence-electron chi connectivity index (χ4n) is 1.74. The van der Waals surface area contributed by atoms with Crippen LogP contribution in [0.5, 0.6) is 5.75 Å². The zero-order chi connectivity index (χ0) is 12.2. The molecule has 2 N–H and O–H groups in total. The first-order chi connectivity index (χ1) is 7.50. The van der Waals surface area contributed by atoms with E-state index in [0.717, 1.165) is 18.0 Å². The Kier molecular flexibility index (Phi) is 4.19. The summed E-state index contributed by atoms with van der Waals surface area (Å²) in [6, 6.07) is 8.03. The molecule has 90 valence electrons. The van der Waals surface area contributed by atoms with Gasteiger partial charge in [0.15, 0.2) is 0 Å². The summed E-state index contributed by atoms with van der Waals surface area (Å²) in [6.45, 7) is 5.91. The van der Waals surface area contributed by atoms with Gasteiger partial charge in [0.1, 0.15) is 5.75 Å². The quantitative estimate of drug-likeness (QED) is 0.829. The van der Waals surface area contributed by atoms with Crippen molar-refractivity contribution < 1.29 is 4.74 Å². The molecule has 1 aromatic carbocycles. The number of rotatable bonds is 5. The molecule has 0 unspecified atom stereocenters. The van der Waals surface area contributed by atoms with Crippen molar-refractivity contribution in [2.24, 2.45) is 11.1 Å². The Morgan fingerprint density at radius 1 is 1.31 bits per heavy atom. The van der Waals surface area contributed by atoms with E-state index in [9.17, 15) is 0 Å². The van der Waals surface area contributed by atoms with Crippen molar-refractivity contribution in [3.63, 3.8) is 0 Å². The lowest BCUT2D eigenvalue weighted by molar-refractivity contribution is 0.379. The topological polar surface area (TPSA) is 38.5 Å². The van der Waals surface area contributed by atoms with Crippen molar-refractivity contribution in [2.45, 2.75) is 13.8 Å². The van der Waals surface area contributed by atoms with Crippen LogP contribution in [-0.4, -0.2) is 27.2 Å². The highest BCUT2D eigenvalue weighted by Crippen LogP contribution is 2.28. The van der Waals surface area contributed by atoms with Crippen LogP contribution in [0.15, 0.2) is 24.3 Å². The molecule has 0 saturated carbocycles. The molecule has 0 heterocycles. The summed E-state index contributed by atoms with van der Waals surface area (Å²) in [6.07, 6.45) is 0. The molecule has 16 heavy (non-hydrogen) atoms. The predicted molar refractivity (Wildman–Crippen MR) is 69.1 cm³/mol. The zero-order valence-corrected chi connectivity index (χ0v) is 10.7. The largest absolute Gasteiger partial charge is 0.495 e. The first-order valence-corrected chi connectivity index (χ1v) is 5.54. The molecule has 1 rings (SSSR count). The summed E-state index contributed by atoms with van der Waals surface area (Å²) in [7, 11) is 3.76. The summed E-state index contributed by atoms with van der Waals surface area (Å²) >= 11 is 0. The lowest BCUT2D eigenvalue weighted by atomic mass is 9.93. The van der Waals surface area contributed by atoms with Gasteiger partial charge in [0, 0.05) is 13.6 Å². The molecule has 0 bridgehead atoms. The van der Waals surface area contributed by atoms with E-state index in [0.29, 0.717) is 6.54 Å². The van der Waals surface area contributed by atoms with E-state index >= 15 is 0 Å². The van der Waals surface area contributed by atoms with Gasteiger partial charge in [-0.2, -0.15) is 0 Å². The summed E-state index contributed by atoms with van der Waals surface area (Å²) in [5, 5.41) is 0. The second kappa shape index (κ2) is 5.21. The smallest absolute Gasteiger partial charge is 0.142 e. The van der Waals surface area contributed by atoms with Crippen LogP contribution in [0.1, 0.15) is 13.8 Å². The summed E-state index contributed by atoms with van der Waals surface area (Å²) in [5.74, 6) is 0.901. The van der Waals surface area contributed by atoms with Crippen molar-refractivity contribution >= 4 is 5.69 Å². The maximum atomic E-state index is 5.75. The summed E-state index contributed by atoms with van der Waals surface area (Å²) < 4.78 is 5.34. The van der Waals surface area contributed by atoms with Gasteiger partial charge in [0.05, 0.1) is 12.8 Å². The second-order valence-electron chi connectivity index (χ2n) is 4.90. The SMILES string of the molecule is COc1ccccc1N(C)CC(C)(C)CN. The molecule has 0 saturated heterocycles. The molecule has 1 aromatic rings. The van der Waals surface area contributed by atoms with Gasteiger partial charge in [0.25, 0.3) is 0 Å². The maximum absolute atomic E-state index is 5.75. The number of nitrogens with two attached hydrogens (primary N) is 1. The van der Waals surface area contributed by atoms with Gasteiger partial charge in [-0.1, -0.05) is 26.0 Å². The second-order valence-corrected chi connectivity index (χ2v) is 4.90. The number of anilines is 1. The van der Waals surface area contributed by atoms with E-state index in [1.54, 1.807) is 7.11 Å². The number of hydrogen-bond acceptors (Lipinski definition) is 3. The zero-order valence-electron chi connectivity index (χ0n) is 10.7. The van der Waals surface area contributed by atoms with Crippen LogP contribution < -0.4 is 15.4 Å². The first kappa shape index (κ1) is 12.8. The highest BCUT2D eigenvalue weighted by Gasteiger charge is 2.19. The highest BCUT2D eigenvalue weighted by molar-refractivity contribution is 5.57. The molecule has 0 aliphatic heterocycles. The molecule has 0 aliphatic rings. The average molecular weight is 222 g/mol. The lowest BCUT2D eigenvalue weighted by Gasteiger charge is -2.31. The molecule has 0 amide bonds. The van der Waals surface area contributed by atoms with Crippen LogP contribution in [0.3, 0.4) is 0 Å². The Morgan fingerprint density at radius 2 is 1.94 bits per heavy atom. The lowest BCUT2D eigenvalue weighted by Crippen LogP contribution is -2.36. The molecule has 3 nitrogen and oxygen atoms in total. The first-order valence-electron chi connectivity index (χ1n) is 5.54. The Balaban J connectivity index is 2.84. The number of para-hydroxylation sites is 2. The van der Waals surface area contributed by atoms with Crippen LogP contribution >= 0.6 is 0 Å². The Morgan fingerprint density at radius 3 is 2.50 bits per heavy atom. The number of hydrogen-bond donors (Lipinski definition) is 1. The van der Waals surface area contributed by atoms with Gasteiger partial charge in [0.2, 0.25) is 0 Å².